The highest BCUT2D eigenvalue weighted by molar-refractivity contribution is 7.85. The maximum Gasteiger partial charge on any atom is 0.264 e. The van der Waals surface area contributed by atoms with Crippen molar-refractivity contribution in [2.75, 3.05) is 12.9 Å². The lowest BCUT2D eigenvalue weighted by molar-refractivity contribution is 0.284. The van der Waals surface area contributed by atoms with E-state index in [4.69, 9.17) is 4.18 Å². The van der Waals surface area contributed by atoms with Crippen LogP contribution in [0.2, 0.25) is 0 Å². The molecule has 0 fully saturated rings. The van der Waals surface area contributed by atoms with E-state index in [2.05, 4.69) is 6.92 Å². The lowest BCUT2D eigenvalue weighted by atomic mass is 9.93. The van der Waals surface area contributed by atoms with E-state index in [0.717, 1.165) is 31.1 Å². The molecule has 0 saturated carbocycles. The molecule has 0 amide bonds. The van der Waals surface area contributed by atoms with Gasteiger partial charge >= 0.3 is 0 Å². The first-order valence-corrected chi connectivity index (χ1v) is 9.84. The molecule has 1 aromatic rings. The minimum Gasteiger partial charge on any atom is -0.270 e. The van der Waals surface area contributed by atoms with Gasteiger partial charge in [0.2, 0.25) is 0 Å². The van der Waals surface area contributed by atoms with Crippen LogP contribution in [0.4, 0.5) is 4.39 Å². The van der Waals surface area contributed by atoms with Crippen LogP contribution < -0.4 is 0 Å². The molecule has 0 bridgehead atoms. The molecule has 1 rings (SSSR count). The molecule has 0 spiro atoms. The highest BCUT2D eigenvalue weighted by Gasteiger charge is 2.15. The summed E-state index contributed by atoms with van der Waals surface area (Å²) in [4.78, 5) is 0. The Hall–Kier alpha value is -0.940. The van der Waals surface area contributed by atoms with Gasteiger partial charge in [-0.2, -0.15) is 8.42 Å². The van der Waals surface area contributed by atoms with Crippen LogP contribution in [0.1, 0.15) is 63.4 Å². The molecule has 1 unspecified atom stereocenters. The van der Waals surface area contributed by atoms with Gasteiger partial charge in [0.15, 0.2) is 0 Å². The minimum atomic E-state index is -3.45. The molecular formula is C17H27FO3S. The van der Waals surface area contributed by atoms with Crippen LogP contribution in [0.25, 0.3) is 0 Å². The summed E-state index contributed by atoms with van der Waals surface area (Å²) in [5.41, 5.74) is 0.929. The van der Waals surface area contributed by atoms with E-state index in [1.165, 1.54) is 37.8 Å². The molecule has 3 nitrogen and oxygen atoms in total. The molecule has 0 saturated heterocycles. The standard InChI is InChI=1S/C17H27FO3S/c1-3-4-5-6-7-8-9-16(14-21-22(2,19)20)15-10-12-17(18)13-11-15/h10-13,16H,3-9,14H2,1-2H3. The van der Waals surface area contributed by atoms with E-state index in [0.29, 0.717) is 0 Å². The van der Waals surface area contributed by atoms with E-state index >= 15 is 0 Å². The van der Waals surface area contributed by atoms with Gasteiger partial charge in [-0.05, 0) is 24.1 Å². The second-order valence-electron chi connectivity index (χ2n) is 5.79. The zero-order valence-electron chi connectivity index (χ0n) is 13.6. The van der Waals surface area contributed by atoms with Crippen molar-refractivity contribution in [2.45, 2.75) is 57.8 Å². The van der Waals surface area contributed by atoms with Crippen molar-refractivity contribution >= 4 is 10.1 Å². The third-order valence-corrected chi connectivity index (χ3v) is 4.30. The molecule has 0 aromatic heterocycles. The Balaban J connectivity index is 2.52. The lowest BCUT2D eigenvalue weighted by Gasteiger charge is -2.17. The number of rotatable bonds is 11. The molecular weight excluding hydrogens is 303 g/mol. The van der Waals surface area contributed by atoms with Crippen molar-refractivity contribution in [1.82, 2.24) is 0 Å². The van der Waals surface area contributed by atoms with Gasteiger partial charge in [0, 0.05) is 5.92 Å². The summed E-state index contributed by atoms with van der Waals surface area (Å²) in [6, 6.07) is 6.24. The predicted molar refractivity (Wildman–Crippen MR) is 87.9 cm³/mol. The monoisotopic (exact) mass is 330 g/mol. The predicted octanol–water partition coefficient (Wildman–Crippen LogP) is 4.64. The normalized spacial score (nSPS) is 13.2. The highest BCUT2D eigenvalue weighted by atomic mass is 32.2. The summed E-state index contributed by atoms with van der Waals surface area (Å²) in [6.45, 7) is 2.31. The first-order chi connectivity index (χ1) is 10.4. The molecule has 0 radical (unpaired) electrons. The second kappa shape index (κ2) is 9.95. The number of hydrogen-bond acceptors (Lipinski definition) is 3. The van der Waals surface area contributed by atoms with E-state index in [-0.39, 0.29) is 18.3 Å². The number of hydrogen-bond donors (Lipinski definition) is 0. The van der Waals surface area contributed by atoms with Crippen LogP contribution in [-0.2, 0) is 14.3 Å². The molecule has 22 heavy (non-hydrogen) atoms. The van der Waals surface area contributed by atoms with E-state index in [1.54, 1.807) is 12.1 Å². The first kappa shape index (κ1) is 19.1. The average molecular weight is 330 g/mol. The third kappa shape index (κ3) is 8.49. The molecule has 0 heterocycles. The summed E-state index contributed by atoms with van der Waals surface area (Å²) >= 11 is 0. The van der Waals surface area contributed by atoms with Crippen molar-refractivity contribution in [2.24, 2.45) is 0 Å². The molecule has 1 atom stereocenters. The van der Waals surface area contributed by atoms with Crippen LogP contribution in [0.3, 0.4) is 0 Å². The summed E-state index contributed by atoms with van der Waals surface area (Å²) in [5, 5.41) is 0. The quantitative estimate of drug-likeness (QED) is 0.439. The van der Waals surface area contributed by atoms with Gasteiger partial charge in [-0.15, -0.1) is 0 Å². The topological polar surface area (TPSA) is 43.4 Å². The SMILES string of the molecule is CCCCCCCCC(COS(C)(=O)=O)c1ccc(F)cc1. The summed E-state index contributed by atoms with van der Waals surface area (Å²) in [6.07, 6.45) is 9.01. The Morgan fingerprint density at radius 3 is 2.23 bits per heavy atom. The number of halogens is 1. The maximum absolute atomic E-state index is 13.0. The van der Waals surface area contributed by atoms with Crippen molar-refractivity contribution < 1.29 is 17.0 Å². The zero-order chi connectivity index (χ0) is 16.4. The molecule has 0 aliphatic heterocycles. The second-order valence-corrected chi connectivity index (χ2v) is 7.44. The Morgan fingerprint density at radius 2 is 1.64 bits per heavy atom. The third-order valence-electron chi connectivity index (χ3n) is 3.73. The van der Waals surface area contributed by atoms with Crippen molar-refractivity contribution in [3.8, 4) is 0 Å². The van der Waals surface area contributed by atoms with E-state index < -0.39 is 10.1 Å². The number of benzene rings is 1. The minimum absolute atomic E-state index is 0.0125. The number of unbranched alkanes of at least 4 members (excludes halogenated alkanes) is 5. The average Bonchev–Trinajstić information content (AvgIpc) is 2.46. The van der Waals surface area contributed by atoms with Gasteiger partial charge in [0.1, 0.15) is 5.82 Å². The van der Waals surface area contributed by atoms with Crippen LogP contribution in [0.15, 0.2) is 24.3 Å². The molecule has 5 heteroatoms. The molecule has 0 aliphatic rings. The van der Waals surface area contributed by atoms with Gasteiger partial charge in [0.05, 0.1) is 12.9 Å². The van der Waals surface area contributed by atoms with Gasteiger partial charge in [-0.25, -0.2) is 4.39 Å². The zero-order valence-corrected chi connectivity index (χ0v) is 14.4. The van der Waals surface area contributed by atoms with Crippen LogP contribution in [0, 0.1) is 5.82 Å². The van der Waals surface area contributed by atoms with E-state index in [9.17, 15) is 12.8 Å². The Kier molecular flexibility index (Phi) is 8.64. The Labute approximate surface area is 134 Å². The van der Waals surface area contributed by atoms with Crippen molar-refractivity contribution in [1.29, 1.82) is 0 Å². The fourth-order valence-electron chi connectivity index (χ4n) is 2.46. The summed E-state index contributed by atoms with van der Waals surface area (Å²) < 4.78 is 40.3. The van der Waals surface area contributed by atoms with Gasteiger partial charge in [-0.1, -0.05) is 57.6 Å². The lowest BCUT2D eigenvalue weighted by Crippen LogP contribution is -2.12. The molecule has 126 valence electrons. The van der Waals surface area contributed by atoms with Crippen LogP contribution >= 0.6 is 0 Å². The Morgan fingerprint density at radius 1 is 1.05 bits per heavy atom. The summed E-state index contributed by atoms with van der Waals surface area (Å²) in [7, 11) is -3.45. The maximum atomic E-state index is 13.0. The van der Waals surface area contributed by atoms with Gasteiger partial charge in [0.25, 0.3) is 10.1 Å². The first-order valence-electron chi connectivity index (χ1n) is 8.02. The van der Waals surface area contributed by atoms with E-state index in [1.807, 2.05) is 0 Å². The molecule has 0 N–H and O–H groups in total. The fraction of sp³-hybridized carbons (Fsp3) is 0.647. The van der Waals surface area contributed by atoms with Crippen molar-refractivity contribution in [3.05, 3.63) is 35.6 Å². The van der Waals surface area contributed by atoms with Crippen LogP contribution in [0.5, 0.6) is 0 Å². The van der Waals surface area contributed by atoms with Crippen LogP contribution in [-0.4, -0.2) is 21.3 Å². The smallest absolute Gasteiger partial charge is 0.264 e. The van der Waals surface area contributed by atoms with Gasteiger partial charge < -0.3 is 0 Å². The fourth-order valence-corrected chi connectivity index (χ4v) is 2.87. The highest BCUT2D eigenvalue weighted by Crippen LogP contribution is 2.24. The molecule has 0 aliphatic carbocycles. The van der Waals surface area contributed by atoms with Gasteiger partial charge in [-0.3, -0.25) is 4.18 Å². The summed E-state index contributed by atoms with van der Waals surface area (Å²) in [5.74, 6) is -0.299. The molecule has 1 aromatic carbocycles. The van der Waals surface area contributed by atoms with Crippen molar-refractivity contribution in [3.63, 3.8) is 0 Å². The Bertz CT molecular complexity index is 511. The largest absolute Gasteiger partial charge is 0.270 e.